The van der Waals surface area contributed by atoms with Gasteiger partial charge in [0.2, 0.25) is 0 Å². The molecule has 0 amide bonds. The summed E-state index contributed by atoms with van der Waals surface area (Å²) >= 11 is 0. The highest BCUT2D eigenvalue weighted by molar-refractivity contribution is 4.86. The number of likely N-dealkylation sites (N-methyl/N-ethyl adjacent to an activating group) is 2. The Kier molecular flexibility index (Phi) is 7.82. The Hall–Kier alpha value is -0.160. The Morgan fingerprint density at radius 1 is 0.778 bits per heavy atom. The number of rotatable bonds is 8. The molecule has 4 nitrogen and oxygen atoms in total. The molecule has 0 unspecified atom stereocenters. The van der Waals surface area contributed by atoms with Gasteiger partial charge in [0, 0.05) is 38.3 Å². The number of nitrogens with zero attached hydrogens (tertiary/aromatic N) is 2. The fourth-order valence-electron chi connectivity index (χ4n) is 2.57. The van der Waals surface area contributed by atoms with Crippen molar-refractivity contribution < 1.29 is 0 Å². The summed E-state index contributed by atoms with van der Waals surface area (Å²) in [6.07, 6.45) is 5.41. The summed E-state index contributed by atoms with van der Waals surface area (Å²) in [4.78, 5) is 4.48. The fourth-order valence-corrected chi connectivity index (χ4v) is 2.57. The first kappa shape index (κ1) is 15.9. The van der Waals surface area contributed by atoms with Crippen molar-refractivity contribution in [2.24, 2.45) is 0 Å². The number of hydrogen-bond donors (Lipinski definition) is 2. The molecule has 0 bridgehead atoms. The van der Waals surface area contributed by atoms with E-state index in [2.05, 4.69) is 48.6 Å². The van der Waals surface area contributed by atoms with Crippen LogP contribution in [-0.4, -0.2) is 76.3 Å². The van der Waals surface area contributed by atoms with Gasteiger partial charge in [-0.25, -0.2) is 0 Å². The Balaban J connectivity index is 2.23. The van der Waals surface area contributed by atoms with Gasteiger partial charge >= 0.3 is 0 Å². The van der Waals surface area contributed by atoms with Crippen LogP contribution in [0, 0.1) is 0 Å². The summed E-state index contributed by atoms with van der Waals surface area (Å²) in [5, 5.41) is 7.45. The molecule has 1 fully saturated rings. The molecule has 1 aliphatic rings. The van der Waals surface area contributed by atoms with E-state index < -0.39 is 0 Å². The van der Waals surface area contributed by atoms with Crippen LogP contribution in [0.25, 0.3) is 0 Å². The summed E-state index contributed by atoms with van der Waals surface area (Å²) < 4.78 is 0. The second-order valence-electron chi connectivity index (χ2n) is 6.01. The molecule has 1 rings (SSSR count). The standard InChI is InChI=1S/C14H32N4/c1-17(2)11-9-15-13-7-5-6-8-14(13)16-10-12-18(3)4/h13-16H,5-12H2,1-4H3/t13-,14-/m1/s1. The first-order chi connectivity index (χ1) is 8.59. The van der Waals surface area contributed by atoms with Crippen LogP contribution in [0.5, 0.6) is 0 Å². The minimum Gasteiger partial charge on any atom is -0.311 e. The van der Waals surface area contributed by atoms with Gasteiger partial charge in [-0.05, 0) is 41.0 Å². The van der Waals surface area contributed by atoms with Crippen molar-refractivity contribution in [3.63, 3.8) is 0 Å². The van der Waals surface area contributed by atoms with Gasteiger partial charge in [-0.2, -0.15) is 0 Å². The van der Waals surface area contributed by atoms with Gasteiger partial charge in [-0.15, -0.1) is 0 Å². The summed E-state index contributed by atoms with van der Waals surface area (Å²) in [7, 11) is 8.54. The van der Waals surface area contributed by atoms with Gasteiger partial charge in [0.1, 0.15) is 0 Å². The zero-order chi connectivity index (χ0) is 13.4. The number of nitrogens with one attached hydrogen (secondary N) is 2. The third-order valence-electron chi connectivity index (χ3n) is 3.70. The maximum Gasteiger partial charge on any atom is 0.0221 e. The highest BCUT2D eigenvalue weighted by atomic mass is 15.1. The zero-order valence-electron chi connectivity index (χ0n) is 12.7. The van der Waals surface area contributed by atoms with Crippen LogP contribution in [0.15, 0.2) is 0 Å². The van der Waals surface area contributed by atoms with E-state index in [4.69, 9.17) is 0 Å². The van der Waals surface area contributed by atoms with Crippen LogP contribution < -0.4 is 10.6 Å². The minimum atomic E-state index is 0.667. The molecule has 2 atom stereocenters. The van der Waals surface area contributed by atoms with Gasteiger partial charge in [0.25, 0.3) is 0 Å². The van der Waals surface area contributed by atoms with Gasteiger partial charge in [0.15, 0.2) is 0 Å². The van der Waals surface area contributed by atoms with E-state index in [9.17, 15) is 0 Å². The van der Waals surface area contributed by atoms with Crippen LogP contribution in [-0.2, 0) is 0 Å². The molecule has 2 N–H and O–H groups in total. The Labute approximate surface area is 113 Å². The highest BCUT2D eigenvalue weighted by Crippen LogP contribution is 2.18. The van der Waals surface area contributed by atoms with Crippen molar-refractivity contribution >= 4 is 0 Å². The van der Waals surface area contributed by atoms with E-state index in [0.29, 0.717) is 12.1 Å². The van der Waals surface area contributed by atoms with Crippen LogP contribution >= 0.6 is 0 Å². The third-order valence-corrected chi connectivity index (χ3v) is 3.70. The summed E-state index contributed by atoms with van der Waals surface area (Å²) in [6, 6.07) is 1.33. The molecule has 0 saturated heterocycles. The molecule has 18 heavy (non-hydrogen) atoms. The fraction of sp³-hybridized carbons (Fsp3) is 1.00. The monoisotopic (exact) mass is 256 g/mol. The molecular formula is C14H32N4. The van der Waals surface area contributed by atoms with Crippen molar-refractivity contribution in [3.8, 4) is 0 Å². The minimum absolute atomic E-state index is 0.667. The van der Waals surface area contributed by atoms with Crippen LogP contribution in [0.3, 0.4) is 0 Å². The molecule has 4 heteroatoms. The van der Waals surface area contributed by atoms with Gasteiger partial charge in [-0.1, -0.05) is 12.8 Å². The van der Waals surface area contributed by atoms with Gasteiger partial charge in [-0.3, -0.25) is 0 Å². The maximum absolute atomic E-state index is 3.72. The average Bonchev–Trinajstić information content (AvgIpc) is 2.30. The topological polar surface area (TPSA) is 30.5 Å². The van der Waals surface area contributed by atoms with E-state index in [0.717, 1.165) is 26.2 Å². The Morgan fingerprint density at radius 3 is 1.50 bits per heavy atom. The Bertz CT molecular complexity index is 184. The second kappa shape index (κ2) is 8.86. The van der Waals surface area contributed by atoms with Crippen molar-refractivity contribution in [3.05, 3.63) is 0 Å². The van der Waals surface area contributed by atoms with Crippen LogP contribution in [0.4, 0.5) is 0 Å². The van der Waals surface area contributed by atoms with E-state index in [1.54, 1.807) is 0 Å². The lowest BCUT2D eigenvalue weighted by Crippen LogP contribution is -2.52. The Morgan fingerprint density at radius 2 is 1.17 bits per heavy atom. The van der Waals surface area contributed by atoms with E-state index in [1.807, 2.05) is 0 Å². The van der Waals surface area contributed by atoms with Crippen molar-refractivity contribution in [2.75, 3.05) is 54.4 Å². The predicted octanol–water partition coefficient (Wildman–Crippen LogP) is 0.600. The molecule has 108 valence electrons. The molecule has 0 aromatic heterocycles. The molecular weight excluding hydrogens is 224 g/mol. The summed E-state index contributed by atoms with van der Waals surface area (Å²) in [5.74, 6) is 0. The first-order valence-corrected chi connectivity index (χ1v) is 7.36. The lowest BCUT2D eigenvalue weighted by Gasteiger charge is -2.33. The average molecular weight is 256 g/mol. The lowest BCUT2D eigenvalue weighted by atomic mass is 9.90. The second-order valence-corrected chi connectivity index (χ2v) is 6.01. The summed E-state index contributed by atoms with van der Waals surface area (Å²) in [5.41, 5.74) is 0. The normalized spacial score (nSPS) is 25.0. The summed E-state index contributed by atoms with van der Waals surface area (Å²) in [6.45, 7) is 4.45. The van der Waals surface area contributed by atoms with Crippen LogP contribution in [0.1, 0.15) is 25.7 Å². The molecule has 0 aromatic carbocycles. The van der Waals surface area contributed by atoms with Crippen molar-refractivity contribution in [2.45, 2.75) is 37.8 Å². The number of hydrogen-bond acceptors (Lipinski definition) is 4. The molecule has 0 heterocycles. The molecule has 0 aromatic rings. The van der Waals surface area contributed by atoms with Crippen LogP contribution in [0.2, 0.25) is 0 Å². The van der Waals surface area contributed by atoms with E-state index >= 15 is 0 Å². The molecule has 1 saturated carbocycles. The quantitative estimate of drug-likeness (QED) is 0.666. The van der Waals surface area contributed by atoms with E-state index in [1.165, 1.54) is 25.7 Å². The smallest absolute Gasteiger partial charge is 0.0221 e. The first-order valence-electron chi connectivity index (χ1n) is 7.36. The van der Waals surface area contributed by atoms with E-state index in [-0.39, 0.29) is 0 Å². The van der Waals surface area contributed by atoms with Gasteiger partial charge < -0.3 is 20.4 Å². The molecule has 0 radical (unpaired) electrons. The molecule has 1 aliphatic carbocycles. The lowest BCUT2D eigenvalue weighted by molar-refractivity contribution is 0.266. The predicted molar refractivity (Wildman–Crippen MR) is 79.2 cm³/mol. The molecule has 0 aliphatic heterocycles. The molecule has 0 spiro atoms. The maximum atomic E-state index is 3.72. The van der Waals surface area contributed by atoms with Gasteiger partial charge in [0.05, 0.1) is 0 Å². The third kappa shape index (κ3) is 6.69. The van der Waals surface area contributed by atoms with Crippen molar-refractivity contribution in [1.82, 2.24) is 20.4 Å². The highest BCUT2D eigenvalue weighted by Gasteiger charge is 2.23. The zero-order valence-corrected chi connectivity index (χ0v) is 12.7. The SMILES string of the molecule is CN(C)CCN[C@@H]1CCCC[C@H]1NCCN(C)C. The van der Waals surface area contributed by atoms with Crippen molar-refractivity contribution in [1.29, 1.82) is 0 Å². The largest absolute Gasteiger partial charge is 0.311 e.